The van der Waals surface area contributed by atoms with Crippen molar-refractivity contribution in [2.24, 2.45) is 4.99 Å². The van der Waals surface area contributed by atoms with Crippen LogP contribution < -0.4 is 9.64 Å². The van der Waals surface area contributed by atoms with Crippen LogP contribution in [0.25, 0.3) is 0 Å². The SMILES string of the molecule is [B]C(=NC(C)CC)c1ccc(OC2CCN(C(=C)N(c3ccccc3C)C(F)F)CC2)nc1C. The van der Waals surface area contributed by atoms with Gasteiger partial charge in [-0.25, -0.2) is 4.98 Å². The van der Waals surface area contributed by atoms with Crippen molar-refractivity contribution in [3.05, 3.63) is 65.6 Å². The number of halogens is 2. The third-order valence-corrected chi connectivity index (χ3v) is 6.23. The number of nitrogens with zero attached hydrogens (tertiary/aromatic N) is 4. The van der Waals surface area contributed by atoms with E-state index < -0.39 is 6.55 Å². The second kappa shape index (κ2) is 11.5. The molecule has 5 nitrogen and oxygen atoms in total. The van der Waals surface area contributed by atoms with Gasteiger partial charge in [-0.3, -0.25) is 9.89 Å². The number of piperidine rings is 1. The summed E-state index contributed by atoms with van der Waals surface area (Å²) in [5.41, 5.74) is 3.30. The van der Waals surface area contributed by atoms with E-state index in [0.717, 1.165) is 28.1 Å². The minimum Gasteiger partial charge on any atom is -0.474 e. The fourth-order valence-electron chi connectivity index (χ4n) is 4.02. The summed E-state index contributed by atoms with van der Waals surface area (Å²) in [5.74, 6) is 0.834. The van der Waals surface area contributed by atoms with Gasteiger partial charge in [-0.05, 0) is 50.5 Å². The molecule has 1 atom stereocenters. The fourth-order valence-corrected chi connectivity index (χ4v) is 4.02. The number of hydrogen-bond donors (Lipinski definition) is 0. The second-order valence-electron chi connectivity index (χ2n) is 8.71. The minimum atomic E-state index is -2.68. The number of hydrogen-bond acceptors (Lipinski definition) is 5. The summed E-state index contributed by atoms with van der Waals surface area (Å²) in [7, 11) is 6.15. The van der Waals surface area contributed by atoms with Crippen LogP contribution in [-0.4, -0.2) is 55.1 Å². The van der Waals surface area contributed by atoms with Crippen LogP contribution in [0.5, 0.6) is 5.88 Å². The van der Waals surface area contributed by atoms with Gasteiger partial charge in [-0.2, -0.15) is 8.78 Å². The van der Waals surface area contributed by atoms with E-state index in [2.05, 4.69) is 23.5 Å². The molecular weight excluding hydrogens is 433 g/mol. The highest BCUT2D eigenvalue weighted by molar-refractivity contribution is 6.64. The smallest absolute Gasteiger partial charge is 0.320 e. The van der Waals surface area contributed by atoms with E-state index in [1.807, 2.05) is 49.9 Å². The third-order valence-electron chi connectivity index (χ3n) is 6.23. The van der Waals surface area contributed by atoms with Gasteiger partial charge in [-0.15, -0.1) is 0 Å². The Morgan fingerprint density at radius 3 is 2.50 bits per heavy atom. The van der Waals surface area contributed by atoms with Gasteiger partial charge in [0.15, 0.2) is 0 Å². The first-order valence-corrected chi connectivity index (χ1v) is 11.8. The molecule has 2 aromatic rings. The van der Waals surface area contributed by atoms with Crippen LogP contribution in [0.1, 0.15) is 49.9 Å². The van der Waals surface area contributed by atoms with Gasteiger partial charge < -0.3 is 9.64 Å². The molecule has 34 heavy (non-hydrogen) atoms. The van der Waals surface area contributed by atoms with Crippen LogP contribution in [0.2, 0.25) is 0 Å². The van der Waals surface area contributed by atoms with Crippen LogP contribution in [0.3, 0.4) is 0 Å². The zero-order valence-corrected chi connectivity index (χ0v) is 20.5. The van der Waals surface area contributed by atoms with Crippen molar-refractivity contribution < 1.29 is 13.5 Å². The highest BCUT2D eigenvalue weighted by Crippen LogP contribution is 2.30. The van der Waals surface area contributed by atoms with E-state index in [-0.39, 0.29) is 12.1 Å². The molecule has 0 saturated carbocycles. The lowest BCUT2D eigenvalue weighted by atomic mass is 9.92. The molecule has 0 spiro atoms. The quantitative estimate of drug-likeness (QED) is 0.280. The molecule has 2 heterocycles. The maximum Gasteiger partial charge on any atom is 0.320 e. The zero-order valence-electron chi connectivity index (χ0n) is 20.5. The number of rotatable bonds is 9. The second-order valence-corrected chi connectivity index (χ2v) is 8.71. The van der Waals surface area contributed by atoms with E-state index in [9.17, 15) is 8.78 Å². The maximum atomic E-state index is 13.9. The van der Waals surface area contributed by atoms with Crippen LogP contribution in [0.4, 0.5) is 14.5 Å². The standard InChI is InChI=1S/C26H33BF2N4O/c1-6-18(3)30-25(27)22-11-12-24(31-19(22)4)34-21-13-15-32(16-14-21)20(5)33(26(28)29)23-10-8-7-9-17(23)2/h7-12,18,21,26H,5-6,13-16H2,1-4H3. The predicted octanol–water partition coefficient (Wildman–Crippen LogP) is 5.46. The van der Waals surface area contributed by atoms with Gasteiger partial charge in [0, 0.05) is 49.3 Å². The van der Waals surface area contributed by atoms with Crippen molar-refractivity contribution in [1.29, 1.82) is 0 Å². The lowest BCUT2D eigenvalue weighted by molar-refractivity contribution is 0.0980. The van der Waals surface area contributed by atoms with E-state index in [0.29, 0.717) is 48.9 Å². The molecule has 0 bridgehead atoms. The number of anilines is 1. The molecule has 0 N–H and O–H groups in total. The molecular formula is C26H33BF2N4O. The van der Waals surface area contributed by atoms with Gasteiger partial charge in [0.25, 0.3) is 0 Å². The number of aliphatic imine (C=N–C) groups is 1. The summed E-state index contributed by atoms with van der Waals surface area (Å²) in [5, 5.41) is 0. The van der Waals surface area contributed by atoms with Gasteiger partial charge in [0.2, 0.25) is 5.88 Å². The zero-order chi connectivity index (χ0) is 24.8. The molecule has 3 rings (SSSR count). The van der Waals surface area contributed by atoms with Crippen molar-refractivity contribution in [3.63, 3.8) is 0 Å². The molecule has 2 radical (unpaired) electrons. The maximum absolute atomic E-state index is 13.9. The van der Waals surface area contributed by atoms with Crippen molar-refractivity contribution in [2.45, 2.75) is 65.7 Å². The molecule has 1 fully saturated rings. The van der Waals surface area contributed by atoms with Crippen molar-refractivity contribution in [1.82, 2.24) is 9.88 Å². The van der Waals surface area contributed by atoms with E-state index in [4.69, 9.17) is 12.6 Å². The monoisotopic (exact) mass is 466 g/mol. The number of aryl methyl sites for hydroxylation is 2. The first kappa shape index (κ1) is 25.7. The number of pyridine rings is 1. The summed E-state index contributed by atoms with van der Waals surface area (Å²) in [6.45, 7) is 10.3. The van der Waals surface area contributed by atoms with Crippen molar-refractivity contribution >= 4 is 19.1 Å². The van der Waals surface area contributed by atoms with Crippen molar-refractivity contribution in [3.8, 4) is 5.88 Å². The van der Waals surface area contributed by atoms with Gasteiger partial charge >= 0.3 is 6.55 Å². The van der Waals surface area contributed by atoms with Gasteiger partial charge in [0.1, 0.15) is 19.8 Å². The number of para-hydroxylation sites is 1. The topological polar surface area (TPSA) is 41.0 Å². The molecule has 0 aliphatic carbocycles. The number of ether oxygens (including phenoxy) is 1. The Kier molecular flexibility index (Phi) is 8.70. The van der Waals surface area contributed by atoms with E-state index in [1.165, 1.54) is 0 Å². The summed E-state index contributed by atoms with van der Waals surface area (Å²) in [4.78, 5) is 11.9. The Morgan fingerprint density at radius 1 is 1.24 bits per heavy atom. The lowest BCUT2D eigenvalue weighted by Gasteiger charge is -2.39. The van der Waals surface area contributed by atoms with Crippen molar-refractivity contribution in [2.75, 3.05) is 18.0 Å². The molecule has 1 aliphatic heterocycles. The first-order valence-electron chi connectivity index (χ1n) is 11.8. The Bertz CT molecular complexity index is 1020. The molecule has 1 unspecified atom stereocenters. The van der Waals surface area contributed by atoms with Gasteiger partial charge in [-0.1, -0.05) is 31.7 Å². The minimum absolute atomic E-state index is 0.0496. The van der Waals surface area contributed by atoms with Gasteiger partial charge in [0.05, 0.1) is 5.69 Å². The molecule has 8 heteroatoms. The molecule has 1 aromatic heterocycles. The predicted molar refractivity (Wildman–Crippen MR) is 135 cm³/mol. The highest BCUT2D eigenvalue weighted by atomic mass is 19.3. The average Bonchev–Trinajstić information content (AvgIpc) is 2.80. The van der Waals surface area contributed by atoms with E-state index in [1.54, 1.807) is 12.1 Å². The summed E-state index contributed by atoms with van der Waals surface area (Å²) < 4.78 is 34.0. The highest BCUT2D eigenvalue weighted by Gasteiger charge is 2.29. The summed E-state index contributed by atoms with van der Waals surface area (Å²) in [6.07, 6.45) is 2.24. The summed E-state index contributed by atoms with van der Waals surface area (Å²) >= 11 is 0. The number of benzene rings is 1. The summed E-state index contributed by atoms with van der Waals surface area (Å²) in [6, 6.07) is 11.0. The van der Waals surface area contributed by atoms with E-state index >= 15 is 0 Å². The van der Waals surface area contributed by atoms with Crippen LogP contribution in [0, 0.1) is 13.8 Å². The fraction of sp³-hybridized carbons (Fsp3) is 0.462. The number of alkyl halides is 2. The average molecular weight is 466 g/mol. The normalized spacial score (nSPS) is 16.0. The van der Waals surface area contributed by atoms with Crippen LogP contribution >= 0.6 is 0 Å². The molecule has 0 amide bonds. The lowest BCUT2D eigenvalue weighted by Crippen LogP contribution is -2.44. The Balaban J connectivity index is 1.62. The molecule has 180 valence electrons. The first-order chi connectivity index (χ1) is 16.2. The van der Waals surface area contributed by atoms with Crippen LogP contribution in [0.15, 0.2) is 53.8 Å². The largest absolute Gasteiger partial charge is 0.474 e. The Hall–Kier alpha value is -2.90. The molecule has 1 aromatic carbocycles. The Labute approximate surface area is 202 Å². The molecule has 1 aliphatic rings. The molecule has 1 saturated heterocycles. The van der Waals surface area contributed by atoms with Crippen LogP contribution in [-0.2, 0) is 0 Å². The number of aromatic nitrogens is 1. The third kappa shape index (κ3) is 6.16. The Morgan fingerprint density at radius 2 is 1.91 bits per heavy atom. The number of likely N-dealkylation sites (tertiary alicyclic amines) is 1.